The van der Waals surface area contributed by atoms with E-state index in [4.69, 9.17) is 11.6 Å². The van der Waals surface area contributed by atoms with E-state index in [0.29, 0.717) is 16.3 Å². The Morgan fingerprint density at radius 2 is 1.85 bits per heavy atom. The number of aryl methyl sites for hydroxylation is 1. The first-order valence-electron chi connectivity index (χ1n) is 8.56. The van der Waals surface area contributed by atoms with E-state index >= 15 is 0 Å². The first-order chi connectivity index (χ1) is 12.8. The summed E-state index contributed by atoms with van der Waals surface area (Å²) in [5, 5.41) is 0.505. The minimum Gasteiger partial charge on any atom is -0.314 e. The highest BCUT2D eigenvalue weighted by molar-refractivity contribution is 7.91. The molecule has 0 spiro atoms. The second-order valence-corrected chi connectivity index (χ2v) is 9.58. The van der Waals surface area contributed by atoms with E-state index in [1.807, 2.05) is 6.92 Å². The molecule has 0 aliphatic carbocycles. The van der Waals surface area contributed by atoms with E-state index in [1.54, 1.807) is 36.4 Å². The molecule has 2 atom stereocenters. The lowest BCUT2D eigenvalue weighted by atomic mass is 10.1. The zero-order valence-corrected chi connectivity index (χ0v) is 16.2. The second kappa shape index (κ2) is 6.49. The van der Waals surface area contributed by atoms with Gasteiger partial charge < -0.3 is 4.90 Å². The average Bonchev–Trinajstić information content (AvgIpc) is 3.03. The Hall–Kier alpha value is -2.12. The van der Waals surface area contributed by atoms with Gasteiger partial charge in [-0.05, 0) is 30.7 Å². The number of rotatable bonds is 3. The number of carbonyl (C=O) groups is 1. The molecule has 0 bridgehead atoms. The number of fused-ring (bicyclic) bond motifs is 1. The van der Waals surface area contributed by atoms with Crippen LogP contribution in [0.2, 0.25) is 5.02 Å². The number of nitrogens with zero attached hydrogens (tertiary/aromatic N) is 2. The molecule has 0 unspecified atom stereocenters. The molecule has 27 heavy (non-hydrogen) atoms. The summed E-state index contributed by atoms with van der Waals surface area (Å²) in [6, 6.07) is 10.1. The van der Waals surface area contributed by atoms with Crippen molar-refractivity contribution in [2.24, 2.45) is 0 Å². The molecular weight excluding hydrogens is 391 g/mol. The maximum atomic E-state index is 14.1. The number of amides is 2. The molecule has 2 heterocycles. The third-order valence-corrected chi connectivity index (χ3v) is 7.32. The van der Waals surface area contributed by atoms with Crippen LogP contribution in [0.1, 0.15) is 11.1 Å². The van der Waals surface area contributed by atoms with E-state index < -0.39 is 27.7 Å². The molecule has 0 saturated carbocycles. The second-order valence-electron chi connectivity index (χ2n) is 7.02. The van der Waals surface area contributed by atoms with Crippen LogP contribution in [-0.4, -0.2) is 42.9 Å². The van der Waals surface area contributed by atoms with Crippen LogP contribution in [0, 0.1) is 12.7 Å². The Balaban J connectivity index is 1.74. The Labute approximate surface area is 162 Å². The van der Waals surface area contributed by atoms with E-state index in [0.717, 1.165) is 5.56 Å². The molecule has 0 aromatic heterocycles. The average molecular weight is 409 g/mol. The number of carbonyl (C=O) groups excluding carboxylic acids is 1. The number of anilines is 1. The fraction of sp³-hybridized carbons (Fsp3) is 0.316. The van der Waals surface area contributed by atoms with Gasteiger partial charge in [-0.25, -0.2) is 17.6 Å². The predicted molar refractivity (Wildman–Crippen MR) is 102 cm³/mol. The van der Waals surface area contributed by atoms with Crippen LogP contribution in [0.15, 0.2) is 42.5 Å². The number of hydrogen-bond acceptors (Lipinski definition) is 3. The van der Waals surface area contributed by atoms with Gasteiger partial charge in [0.05, 0.1) is 30.1 Å². The predicted octanol–water partition coefficient (Wildman–Crippen LogP) is 3.40. The summed E-state index contributed by atoms with van der Waals surface area (Å²) in [4.78, 5) is 16.1. The van der Waals surface area contributed by atoms with Crippen molar-refractivity contribution >= 4 is 33.2 Å². The van der Waals surface area contributed by atoms with Gasteiger partial charge in [-0.15, -0.1) is 0 Å². The van der Waals surface area contributed by atoms with Crippen molar-refractivity contribution in [2.45, 2.75) is 25.6 Å². The molecule has 142 valence electrons. The van der Waals surface area contributed by atoms with Crippen molar-refractivity contribution in [1.29, 1.82) is 0 Å². The van der Waals surface area contributed by atoms with E-state index in [-0.39, 0.29) is 24.1 Å². The van der Waals surface area contributed by atoms with Gasteiger partial charge in [0.2, 0.25) is 0 Å². The zero-order valence-electron chi connectivity index (χ0n) is 14.6. The lowest BCUT2D eigenvalue weighted by Crippen LogP contribution is -2.37. The lowest BCUT2D eigenvalue weighted by Gasteiger charge is -2.23. The normalized spacial score (nSPS) is 23.7. The third-order valence-electron chi connectivity index (χ3n) is 5.21. The van der Waals surface area contributed by atoms with Gasteiger partial charge in [0.15, 0.2) is 9.84 Å². The van der Waals surface area contributed by atoms with E-state index in [1.165, 1.54) is 15.9 Å². The molecule has 0 N–H and O–H groups in total. The van der Waals surface area contributed by atoms with Gasteiger partial charge in [-0.2, -0.15) is 0 Å². The van der Waals surface area contributed by atoms with Crippen molar-refractivity contribution in [1.82, 2.24) is 4.90 Å². The summed E-state index contributed by atoms with van der Waals surface area (Å²) in [5.41, 5.74) is 1.78. The van der Waals surface area contributed by atoms with Gasteiger partial charge in [-0.3, -0.25) is 4.90 Å². The highest BCUT2D eigenvalue weighted by Gasteiger charge is 2.53. The van der Waals surface area contributed by atoms with Crippen molar-refractivity contribution < 1.29 is 17.6 Å². The monoisotopic (exact) mass is 408 g/mol. The number of sulfone groups is 1. The molecular formula is C19H18ClFN2O3S. The van der Waals surface area contributed by atoms with Gasteiger partial charge in [0.25, 0.3) is 0 Å². The minimum atomic E-state index is -3.29. The van der Waals surface area contributed by atoms with E-state index in [9.17, 15) is 17.6 Å². The Morgan fingerprint density at radius 3 is 2.56 bits per heavy atom. The molecule has 5 nitrogen and oxygen atoms in total. The quantitative estimate of drug-likeness (QED) is 0.731. The topological polar surface area (TPSA) is 57.7 Å². The largest absolute Gasteiger partial charge is 0.325 e. The van der Waals surface area contributed by atoms with Crippen molar-refractivity contribution in [3.05, 3.63) is 64.4 Å². The summed E-state index contributed by atoms with van der Waals surface area (Å²) < 4.78 is 38.6. The Kier molecular flexibility index (Phi) is 4.39. The van der Waals surface area contributed by atoms with Crippen LogP contribution < -0.4 is 4.90 Å². The standard InChI is InChI=1S/C19H18ClFN2O3S/c1-12-6-7-14(8-15(12)20)23-18-11-27(25,26)10-17(18)22(19(23)24)9-13-4-2-3-5-16(13)21/h2-8,17-18H,9-11H2,1H3/t17-,18+/m1/s1. The smallest absolute Gasteiger partial charge is 0.314 e. The molecule has 2 aromatic carbocycles. The molecule has 4 rings (SSSR count). The fourth-order valence-corrected chi connectivity index (χ4v) is 5.93. The zero-order chi connectivity index (χ0) is 19.3. The van der Waals surface area contributed by atoms with Crippen LogP contribution in [0.3, 0.4) is 0 Å². The molecule has 2 amide bonds. The van der Waals surface area contributed by atoms with Crippen molar-refractivity contribution in [3.63, 3.8) is 0 Å². The van der Waals surface area contributed by atoms with Gasteiger partial charge in [0, 0.05) is 16.3 Å². The van der Waals surface area contributed by atoms with Gasteiger partial charge in [0.1, 0.15) is 5.82 Å². The van der Waals surface area contributed by atoms with Crippen molar-refractivity contribution in [2.75, 3.05) is 16.4 Å². The minimum absolute atomic E-state index is 0.0261. The Morgan fingerprint density at radius 1 is 1.15 bits per heavy atom. The molecule has 2 aromatic rings. The van der Waals surface area contributed by atoms with Crippen LogP contribution in [0.25, 0.3) is 0 Å². The maximum absolute atomic E-state index is 14.1. The van der Waals surface area contributed by atoms with Gasteiger partial charge >= 0.3 is 6.03 Å². The maximum Gasteiger partial charge on any atom is 0.325 e. The SMILES string of the molecule is Cc1ccc(N2C(=O)N(Cc3ccccc3F)[C@@H]3CS(=O)(=O)C[C@@H]32)cc1Cl. The van der Waals surface area contributed by atoms with Crippen LogP contribution in [0.4, 0.5) is 14.9 Å². The number of halogens is 2. The lowest BCUT2D eigenvalue weighted by molar-refractivity contribution is 0.205. The summed E-state index contributed by atoms with van der Waals surface area (Å²) in [6.07, 6.45) is 0. The molecule has 2 saturated heterocycles. The summed E-state index contributed by atoms with van der Waals surface area (Å²) in [6.45, 7) is 1.88. The van der Waals surface area contributed by atoms with Gasteiger partial charge in [-0.1, -0.05) is 35.9 Å². The Bertz CT molecular complexity index is 1030. The number of benzene rings is 2. The summed E-state index contributed by atoms with van der Waals surface area (Å²) in [7, 11) is -3.29. The fourth-order valence-electron chi connectivity index (χ4n) is 3.81. The molecule has 2 fully saturated rings. The summed E-state index contributed by atoms with van der Waals surface area (Å²) in [5.74, 6) is -0.643. The molecule has 8 heteroatoms. The molecule has 0 radical (unpaired) electrons. The first-order valence-corrected chi connectivity index (χ1v) is 10.8. The van der Waals surface area contributed by atoms with Crippen LogP contribution in [-0.2, 0) is 16.4 Å². The highest BCUT2D eigenvalue weighted by Crippen LogP contribution is 2.37. The van der Waals surface area contributed by atoms with E-state index in [2.05, 4.69) is 0 Å². The van der Waals surface area contributed by atoms with Crippen LogP contribution in [0.5, 0.6) is 0 Å². The number of hydrogen-bond donors (Lipinski definition) is 0. The summed E-state index contributed by atoms with van der Waals surface area (Å²) >= 11 is 6.21. The molecule has 2 aliphatic heterocycles. The first kappa shape index (κ1) is 18.3. The number of urea groups is 1. The third kappa shape index (κ3) is 3.19. The van der Waals surface area contributed by atoms with Crippen LogP contribution >= 0.6 is 11.6 Å². The molecule has 2 aliphatic rings. The van der Waals surface area contributed by atoms with Crippen molar-refractivity contribution in [3.8, 4) is 0 Å². The highest BCUT2D eigenvalue weighted by atomic mass is 35.5.